The average molecular weight is 272 g/mol. The van der Waals surface area contributed by atoms with Gasteiger partial charge in [-0.3, -0.25) is 9.78 Å². The van der Waals surface area contributed by atoms with Crippen molar-refractivity contribution in [3.63, 3.8) is 0 Å². The van der Waals surface area contributed by atoms with Gasteiger partial charge in [0.2, 0.25) is 0 Å². The van der Waals surface area contributed by atoms with E-state index >= 15 is 0 Å². The molecule has 2 rings (SSSR count). The quantitative estimate of drug-likeness (QED) is 0.874. The predicted octanol–water partition coefficient (Wildman–Crippen LogP) is 1.97. The van der Waals surface area contributed by atoms with Gasteiger partial charge in [-0.05, 0) is 25.5 Å². The highest BCUT2D eigenvalue weighted by Gasteiger charge is 2.08. The number of aryl methyl sites for hydroxylation is 1. The molecule has 0 fully saturated rings. The van der Waals surface area contributed by atoms with Gasteiger partial charge in [0.25, 0.3) is 5.91 Å². The van der Waals surface area contributed by atoms with E-state index in [-0.39, 0.29) is 5.91 Å². The molecule has 0 aliphatic carbocycles. The van der Waals surface area contributed by atoms with Gasteiger partial charge in [-0.2, -0.15) is 0 Å². The molecule has 2 aromatic heterocycles. The Morgan fingerprint density at radius 1 is 1.40 bits per heavy atom. The second-order valence-corrected chi connectivity index (χ2v) is 4.72. The van der Waals surface area contributed by atoms with Gasteiger partial charge in [0.1, 0.15) is 5.82 Å². The molecule has 0 radical (unpaired) electrons. The van der Waals surface area contributed by atoms with Crippen LogP contribution in [0.2, 0.25) is 0 Å². The molecular formula is C15H20N4O. The molecule has 5 heteroatoms. The largest absolute Gasteiger partial charge is 0.352 e. The normalized spacial score (nSPS) is 10.5. The molecule has 2 heterocycles. The number of imidazole rings is 1. The zero-order chi connectivity index (χ0) is 14.4. The number of hydrogen-bond acceptors (Lipinski definition) is 3. The van der Waals surface area contributed by atoms with Crippen LogP contribution in [0.5, 0.6) is 0 Å². The van der Waals surface area contributed by atoms with E-state index in [0.717, 1.165) is 25.2 Å². The molecule has 1 N–H and O–H groups in total. The minimum absolute atomic E-state index is 0.0941. The molecular weight excluding hydrogens is 252 g/mol. The molecule has 0 aliphatic rings. The molecule has 106 valence electrons. The Morgan fingerprint density at radius 2 is 2.25 bits per heavy atom. The minimum Gasteiger partial charge on any atom is -0.352 e. The fourth-order valence-electron chi connectivity index (χ4n) is 2.13. The first-order chi connectivity index (χ1) is 9.72. The van der Waals surface area contributed by atoms with Crippen molar-refractivity contribution in [2.45, 2.75) is 33.2 Å². The van der Waals surface area contributed by atoms with Crippen LogP contribution in [0, 0.1) is 6.92 Å². The number of hydrogen-bond donors (Lipinski definition) is 1. The Kier molecular flexibility index (Phi) is 4.87. The van der Waals surface area contributed by atoms with Gasteiger partial charge in [-0.1, -0.05) is 6.92 Å². The lowest BCUT2D eigenvalue weighted by Gasteiger charge is -2.09. The summed E-state index contributed by atoms with van der Waals surface area (Å²) >= 11 is 0. The third kappa shape index (κ3) is 3.44. The SMILES string of the molecule is CCCn1c(C)cnc1CCNC(=O)c1cccnc1. The maximum Gasteiger partial charge on any atom is 0.252 e. The van der Waals surface area contributed by atoms with Crippen molar-refractivity contribution in [1.29, 1.82) is 0 Å². The maximum absolute atomic E-state index is 11.9. The van der Waals surface area contributed by atoms with Gasteiger partial charge in [-0.15, -0.1) is 0 Å². The van der Waals surface area contributed by atoms with Crippen molar-refractivity contribution in [1.82, 2.24) is 19.9 Å². The molecule has 0 bridgehead atoms. The molecule has 5 nitrogen and oxygen atoms in total. The standard InChI is InChI=1S/C15H20N4O/c1-3-9-19-12(2)10-18-14(19)6-8-17-15(20)13-5-4-7-16-11-13/h4-5,7,10-11H,3,6,8-9H2,1-2H3,(H,17,20). The lowest BCUT2D eigenvalue weighted by Crippen LogP contribution is -2.26. The highest BCUT2D eigenvalue weighted by Crippen LogP contribution is 2.06. The van der Waals surface area contributed by atoms with E-state index in [0.29, 0.717) is 12.1 Å². The lowest BCUT2D eigenvalue weighted by molar-refractivity contribution is 0.0953. The van der Waals surface area contributed by atoms with E-state index in [4.69, 9.17) is 0 Å². The summed E-state index contributed by atoms with van der Waals surface area (Å²) in [7, 11) is 0. The average Bonchev–Trinajstić information content (AvgIpc) is 2.82. The third-order valence-electron chi connectivity index (χ3n) is 3.14. The van der Waals surface area contributed by atoms with Crippen LogP contribution in [0.15, 0.2) is 30.7 Å². The molecule has 0 aromatic carbocycles. The Balaban J connectivity index is 1.89. The smallest absolute Gasteiger partial charge is 0.252 e. The fourth-order valence-corrected chi connectivity index (χ4v) is 2.13. The molecule has 0 saturated heterocycles. The Labute approximate surface area is 119 Å². The number of nitrogens with zero attached hydrogens (tertiary/aromatic N) is 3. The maximum atomic E-state index is 11.9. The van der Waals surface area contributed by atoms with Crippen LogP contribution in [0.3, 0.4) is 0 Å². The number of aromatic nitrogens is 3. The zero-order valence-corrected chi connectivity index (χ0v) is 12.0. The molecule has 0 atom stereocenters. The number of carbonyl (C=O) groups is 1. The first-order valence-corrected chi connectivity index (χ1v) is 6.91. The first-order valence-electron chi connectivity index (χ1n) is 6.91. The predicted molar refractivity (Wildman–Crippen MR) is 77.5 cm³/mol. The van der Waals surface area contributed by atoms with Gasteiger partial charge < -0.3 is 9.88 Å². The summed E-state index contributed by atoms with van der Waals surface area (Å²) in [5.41, 5.74) is 1.75. The van der Waals surface area contributed by atoms with Gasteiger partial charge in [0, 0.05) is 43.8 Å². The van der Waals surface area contributed by atoms with Crippen LogP contribution in [0.25, 0.3) is 0 Å². The number of pyridine rings is 1. The summed E-state index contributed by atoms with van der Waals surface area (Å²) in [6.07, 6.45) is 6.92. The lowest BCUT2D eigenvalue weighted by atomic mass is 10.2. The van der Waals surface area contributed by atoms with Crippen LogP contribution in [0.1, 0.15) is 35.2 Å². The van der Waals surface area contributed by atoms with E-state index in [9.17, 15) is 4.79 Å². The summed E-state index contributed by atoms with van der Waals surface area (Å²) < 4.78 is 2.20. The number of nitrogens with one attached hydrogen (secondary N) is 1. The summed E-state index contributed by atoms with van der Waals surface area (Å²) in [5.74, 6) is 0.930. The molecule has 2 aromatic rings. The zero-order valence-electron chi connectivity index (χ0n) is 12.0. The van der Waals surface area contributed by atoms with Crippen LogP contribution in [-0.2, 0) is 13.0 Å². The van der Waals surface area contributed by atoms with Crippen LogP contribution in [-0.4, -0.2) is 27.0 Å². The van der Waals surface area contributed by atoms with Crippen LogP contribution in [0.4, 0.5) is 0 Å². The van der Waals surface area contributed by atoms with E-state index in [1.54, 1.807) is 24.5 Å². The molecule has 20 heavy (non-hydrogen) atoms. The summed E-state index contributed by atoms with van der Waals surface area (Å²) in [5, 5.41) is 2.89. The van der Waals surface area contributed by atoms with Crippen molar-refractivity contribution < 1.29 is 4.79 Å². The number of carbonyl (C=O) groups excluding carboxylic acids is 1. The van der Waals surface area contributed by atoms with Crippen LogP contribution < -0.4 is 5.32 Å². The van der Waals surface area contributed by atoms with Crippen molar-refractivity contribution >= 4 is 5.91 Å². The monoisotopic (exact) mass is 272 g/mol. The summed E-state index contributed by atoms with van der Waals surface area (Å²) in [6.45, 7) is 5.75. The Hall–Kier alpha value is -2.17. The molecule has 0 saturated carbocycles. The topological polar surface area (TPSA) is 59.8 Å². The number of rotatable bonds is 6. The summed E-state index contributed by atoms with van der Waals surface area (Å²) in [4.78, 5) is 20.2. The van der Waals surface area contributed by atoms with E-state index < -0.39 is 0 Å². The van der Waals surface area contributed by atoms with Crippen molar-refractivity contribution in [3.05, 3.63) is 47.8 Å². The van der Waals surface area contributed by atoms with Gasteiger partial charge in [0.15, 0.2) is 0 Å². The Bertz CT molecular complexity index is 563. The van der Waals surface area contributed by atoms with Crippen molar-refractivity contribution in [2.75, 3.05) is 6.54 Å². The second-order valence-electron chi connectivity index (χ2n) is 4.72. The first kappa shape index (κ1) is 14.2. The van der Waals surface area contributed by atoms with Gasteiger partial charge in [0.05, 0.1) is 5.56 Å². The third-order valence-corrected chi connectivity index (χ3v) is 3.14. The number of amides is 1. The van der Waals surface area contributed by atoms with Gasteiger partial charge in [-0.25, -0.2) is 4.98 Å². The summed E-state index contributed by atoms with van der Waals surface area (Å²) in [6, 6.07) is 3.51. The van der Waals surface area contributed by atoms with Crippen molar-refractivity contribution in [2.24, 2.45) is 0 Å². The van der Waals surface area contributed by atoms with Gasteiger partial charge >= 0.3 is 0 Å². The minimum atomic E-state index is -0.0941. The highest BCUT2D eigenvalue weighted by molar-refractivity contribution is 5.93. The van der Waals surface area contributed by atoms with Crippen molar-refractivity contribution in [3.8, 4) is 0 Å². The molecule has 0 unspecified atom stereocenters. The fraction of sp³-hybridized carbons (Fsp3) is 0.400. The highest BCUT2D eigenvalue weighted by atomic mass is 16.1. The molecule has 0 spiro atoms. The molecule has 0 aliphatic heterocycles. The molecule has 1 amide bonds. The van der Waals surface area contributed by atoms with E-state index in [1.807, 2.05) is 6.20 Å². The van der Waals surface area contributed by atoms with E-state index in [1.165, 1.54) is 5.69 Å². The van der Waals surface area contributed by atoms with Crippen LogP contribution >= 0.6 is 0 Å². The Morgan fingerprint density at radius 3 is 2.95 bits per heavy atom. The second kappa shape index (κ2) is 6.84. The van der Waals surface area contributed by atoms with E-state index in [2.05, 4.69) is 33.7 Å².